The molecule has 0 bridgehead atoms. The third kappa shape index (κ3) is 3.60. The van der Waals surface area contributed by atoms with Crippen molar-refractivity contribution in [3.05, 3.63) is 17.5 Å². The van der Waals surface area contributed by atoms with E-state index in [1.54, 1.807) is 10.9 Å². The minimum absolute atomic E-state index is 0.0732. The van der Waals surface area contributed by atoms with E-state index in [9.17, 15) is 4.79 Å². The molecule has 5 nitrogen and oxygen atoms in total. The van der Waals surface area contributed by atoms with Gasteiger partial charge in [0.05, 0.1) is 24.5 Å². The van der Waals surface area contributed by atoms with Crippen LogP contribution in [0.1, 0.15) is 48.7 Å². The smallest absolute Gasteiger partial charge is 0.254 e. The molecular formula is C15H25N3O2. The Morgan fingerprint density at radius 1 is 1.50 bits per heavy atom. The molecule has 0 saturated heterocycles. The summed E-state index contributed by atoms with van der Waals surface area (Å²) in [5.41, 5.74) is 1.52. The molecule has 1 aromatic heterocycles. The van der Waals surface area contributed by atoms with Crippen molar-refractivity contribution >= 4 is 5.91 Å². The van der Waals surface area contributed by atoms with E-state index < -0.39 is 0 Å². The van der Waals surface area contributed by atoms with Gasteiger partial charge in [-0.05, 0) is 25.7 Å². The number of nitrogens with one attached hydrogen (secondary N) is 1. The Morgan fingerprint density at radius 3 is 2.90 bits per heavy atom. The first-order valence-electron chi connectivity index (χ1n) is 7.48. The molecule has 1 fully saturated rings. The molecule has 112 valence electrons. The maximum Gasteiger partial charge on any atom is 0.254 e. The second-order valence-corrected chi connectivity index (χ2v) is 5.69. The lowest BCUT2D eigenvalue weighted by molar-refractivity contribution is -0.00294. The predicted octanol–water partition coefficient (Wildman–Crippen LogP) is 2.05. The van der Waals surface area contributed by atoms with E-state index in [1.807, 2.05) is 14.0 Å². The Balaban J connectivity index is 1.70. The first kappa shape index (κ1) is 15.0. The van der Waals surface area contributed by atoms with Crippen LogP contribution >= 0.6 is 0 Å². The Bertz CT molecular complexity index is 456. The molecule has 1 heterocycles. The highest BCUT2D eigenvalue weighted by Gasteiger charge is 2.21. The van der Waals surface area contributed by atoms with Crippen molar-refractivity contribution < 1.29 is 9.53 Å². The zero-order chi connectivity index (χ0) is 14.5. The van der Waals surface area contributed by atoms with Crippen LogP contribution in [0.2, 0.25) is 0 Å². The summed E-state index contributed by atoms with van der Waals surface area (Å²) in [7, 11) is 1.83. The molecule has 0 spiro atoms. The van der Waals surface area contributed by atoms with Crippen LogP contribution in [-0.4, -0.2) is 34.9 Å². The van der Waals surface area contributed by atoms with Crippen molar-refractivity contribution in [2.24, 2.45) is 13.0 Å². The number of nitrogens with zero attached hydrogens (tertiary/aromatic N) is 2. The zero-order valence-electron chi connectivity index (χ0n) is 12.7. The van der Waals surface area contributed by atoms with Crippen LogP contribution in [-0.2, 0) is 11.8 Å². The molecule has 2 rings (SSSR count). The number of hydrogen-bond acceptors (Lipinski definition) is 3. The summed E-state index contributed by atoms with van der Waals surface area (Å²) in [6.07, 6.45) is 6.95. The third-order valence-electron chi connectivity index (χ3n) is 4.23. The van der Waals surface area contributed by atoms with E-state index in [4.69, 9.17) is 4.74 Å². The van der Waals surface area contributed by atoms with Crippen LogP contribution in [0, 0.1) is 12.8 Å². The van der Waals surface area contributed by atoms with Crippen molar-refractivity contribution in [3.63, 3.8) is 0 Å². The molecule has 2 atom stereocenters. The standard InChI is InChI=1S/C15H25N3O2/c1-11-6-4-5-7-14(11)20-9-8-16-15(19)13-10-17-18(3)12(13)2/h10-11,14H,4-9H2,1-3H3,(H,16,19)/t11-,14+/m0/s1. The van der Waals surface area contributed by atoms with E-state index in [0.717, 1.165) is 12.1 Å². The molecule has 0 radical (unpaired) electrons. The normalized spacial score (nSPS) is 22.8. The number of hydrogen-bond donors (Lipinski definition) is 1. The summed E-state index contributed by atoms with van der Waals surface area (Å²) < 4.78 is 7.58. The fraction of sp³-hybridized carbons (Fsp3) is 0.733. The van der Waals surface area contributed by atoms with E-state index in [2.05, 4.69) is 17.3 Å². The van der Waals surface area contributed by atoms with Gasteiger partial charge in [-0.1, -0.05) is 19.8 Å². The highest BCUT2D eigenvalue weighted by molar-refractivity contribution is 5.94. The van der Waals surface area contributed by atoms with Crippen molar-refractivity contribution in [2.45, 2.75) is 45.6 Å². The van der Waals surface area contributed by atoms with Crippen LogP contribution in [0.15, 0.2) is 6.20 Å². The summed E-state index contributed by atoms with van der Waals surface area (Å²) in [4.78, 5) is 12.0. The fourth-order valence-corrected chi connectivity index (χ4v) is 2.72. The second kappa shape index (κ2) is 6.88. The van der Waals surface area contributed by atoms with Gasteiger partial charge in [0.25, 0.3) is 5.91 Å². The predicted molar refractivity (Wildman–Crippen MR) is 77.7 cm³/mol. The topological polar surface area (TPSA) is 56.1 Å². The van der Waals surface area contributed by atoms with Crippen LogP contribution < -0.4 is 5.32 Å². The van der Waals surface area contributed by atoms with Crippen LogP contribution in [0.5, 0.6) is 0 Å². The lowest BCUT2D eigenvalue weighted by Gasteiger charge is -2.28. The third-order valence-corrected chi connectivity index (χ3v) is 4.23. The van der Waals surface area contributed by atoms with E-state index in [-0.39, 0.29) is 5.91 Å². The first-order chi connectivity index (χ1) is 9.59. The second-order valence-electron chi connectivity index (χ2n) is 5.69. The van der Waals surface area contributed by atoms with Gasteiger partial charge >= 0.3 is 0 Å². The van der Waals surface area contributed by atoms with Crippen LogP contribution in [0.3, 0.4) is 0 Å². The number of aryl methyl sites for hydroxylation is 1. The number of amides is 1. The summed E-state index contributed by atoms with van der Waals surface area (Å²) in [6.45, 7) is 5.28. The summed E-state index contributed by atoms with van der Waals surface area (Å²) in [6, 6.07) is 0. The average Bonchev–Trinajstić information content (AvgIpc) is 2.77. The van der Waals surface area contributed by atoms with Gasteiger partial charge in [0.15, 0.2) is 0 Å². The Labute approximate surface area is 120 Å². The molecule has 1 N–H and O–H groups in total. The van der Waals surface area contributed by atoms with E-state index in [0.29, 0.717) is 30.7 Å². The molecule has 1 aromatic rings. The maximum atomic E-state index is 12.0. The minimum Gasteiger partial charge on any atom is -0.376 e. The van der Waals surface area contributed by atoms with Crippen molar-refractivity contribution in [3.8, 4) is 0 Å². The summed E-state index contributed by atoms with van der Waals surface area (Å²) in [5, 5.41) is 6.96. The maximum absolute atomic E-state index is 12.0. The van der Waals surface area contributed by atoms with Gasteiger partial charge in [0, 0.05) is 19.3 Å². The van der Waals surface area contributed by atoms with E-state index in [1.165, 1.54) is 19.3 Å². The molecule has 1 aliphatic carbocycles. The number of carbonyl (C=O) groups excluding carboxylic acids is 1. The summed E-state index contributed by atoms with van der Waals surface area (Å²) in [5.74, 6) is 0.566. The Kier molecular flexibility index (Phi) is 5.17. The molecule has 0 aromatic carbocycles. The van der Waals surface area contributed by atoms with Gasteiger partial charge in [-0.3, -0.25) is 9.48 Å². The molecule has 1 aliphatic rings. The Morgan fingerprint density at radius 2 is 2.25 bits per heavy atom. The molecule has 5 heteroatoms. The highest BCUT2D eigenvalue weighted by Crippen LogP contribution is 2.25. The van der Waals surface area contributed by atoms with Gasteiger partial charge in [-0.25, -0.2) is 0 Å². The van der Waals surface area contributed by atoms with Crippen LogP contribution in [0.4, 0.5) is 0 Å². The van der Waals surface area contributed by atoms with Gasteiger partial charge in [-0.2, -0.15) is 5.10 Å². The average molecular weight is 279 g/mol. The Hall–Kier alpha value is -1.36. The largest absolute Gasteiger partial charge is 0.376 e. The van der Waals surface area contributed by atoms with Gasteiger partial charge < -0.3 is 10.1 Å². The fourth-order valence-electron chi connectivity index (χ4n) is 2.72. The van der Waals surface area contributed by atoms with Crippen molar-refractivity contribution in [2.75, 3.05) is 13.2 Å². The molecular weight excluding hydrogens is 254 g/mol. The number of carbonyl (C=O) groups is 1. The quantitative estimate of drug-likeness (QED) is 0.839. The number of ether oxygens (including phenoxy) is 1. The number of rotatable bonds is 5. The molecule has 1 amide bonds. The molecule has 0 aliphatic heterocycles. The van der Waals surface area contributed by atoms with Crippen molar-refractivity contribution in [1.82, 2.24) is 15.1 Å². The molecule has 1 saturated carbocycles. The van der Waals surface area contributed by atoms with Crippen LogP contribution in [0.25, 0.3) is 0 Å². The lowest BCUT2D eigenvalue weighted by atomic mass is 9.88. The molecule has 0 unspecified atom stereocenters. The van der Waals surface area contributed by atoms with E-state index >= 15 is 0 Å². The van der Waals surface area contributed by atoms with Gasteiger partial charge in [0.2, 0.25) is 0 Å². The lowest BCUT2D eigenvalue weighted by Crippen LogP contribution is -2.32. The SMILES string of the molecule is Cc1c(C(=O)NCCO[C@@H]2CCCC[C@@H]2C)cnn1C. The monoisotopic (exact) mass is 279 g/mol. The zero-order valence-corrected chi connectivity index (χ0v) is 12.7. The van der Waals surface area contributed by atoms with Gasteiger partial charge in [0.1, 0.15) is 0 Å². The van der Waals surface area contributed by atoms with Crippen molar-refractivity contribution in [1.29, 1.82) is 0 Å². The first-order valence-corrected chi connectivity index (χ1v) is 7.48. The molecule has 20 heavy (non-hydrogen) atoms. The highest BCUT2D eigenvalue weighted by atomic mass is 16.5. The number of aromatic nitrogens is 2. The summed E-state index contributed by atoms with van der Waals surface area (Å²) >= 11 is 0. The van der Waals surface area contributed by atoms with Gasteiger partial charge in [-0.15, -0.1) is 0 Å². The minimum atomic E-state index is -0.0732.